The van der Waals surface area contributed by atoms with Crippen molar-refractivity contribution in [3.05, 3.63) is 35.0 Å². The minimum absolute atomic E-state index is 0.189. The molecule has 1 heterocycles. The Morgan fingerprint density at radius 2 is 1.79 bits per heavy atom. The highest BCUT2D eigenvalue weighted by molar-refractivity contribution is 6.13. The van der Waals surface area contributed by atoms with E-state index in [9.17, 15) is 9.59 Å². The number of amides is 1. The summed E-state index contributed by atoms with van der Waals surface area (Å²) in [6.45, 7) is 5.96. The lowest BCUT2D eigenvalue weighted by atomic mass is 10.1. The van der Waals surface area contributed by atoms with Gasteiger partial charge in [-0.1, -0.05) is 0 Å². The summed E-state index contributed by atoms with van der Waals surface area (Å²) in [6.07, 6.45) is 1.16. The van der Waals surface area contributed by atoms with Crippen molar-refractivity contribution in [1.29, 1.82) is 0 Å². The van der Waals surface area contributed by atoms with Crippen LogP contribution in [0.1, 0.15) is 18.1 Å². The molecule has 0 unspecified atom stereocenters. The Kier molecular flexibility index (Phi) is 3.55. The number of esters is 1. The molecular formula is C14H16N2O3. The highest BCUT2D eigenvalue weighted by Gasteiger charge is 2.21. The molecule has 1 aromatic carbocycles. The lowest BCUT2D eigenvalue weighted by Gasteiger charge is -2.22. The molecule has 2 rings (SSSR count). The van der Waals surface area contributed by atoms with E-state index in [1.807, 2.05) is 26.0 Å². The number of rotatable bonds is 2. The lowest BCUT2D eigenvalue weighted by Crippen LogP contribution is -2.26. The fraction of sp³-hybridized carbons (Fsp3) is 0.286. The average molecular weight is 260 g/mol. The van der Waals surface area contributed by atoms with Gasteiger partial charge in [0, 0.05) is 0 Å². The molecule has 0 radical (unpaired) electrons. The summed E-state index contributed by atoms with van der Waals surface area (Å²) in [4.78, 5) is 23.2. The third kappa shape index (κ3) is 2.76. The number of hydrogen-bond donors (Lipinski definition) is 2. The van der Waals surface area contributed by atoms with Gasteiger partial charge in [-0.3, -0.25) is 4.79 Å². The summed E-state index contributed by atoms with van der Waals surface area (Å²) in [5.41, 5.74) is 3.89. The second-order valence-corrected chi connectivity index (χ2v) is 4.37. The quantitative estimate of drug-likeness (QED) is 0.631. The largest absolute Gasteiger partial charge is 0.463 e. The number of benzene rings is 1. The summed E-state index contributed by atoms with van der Waals surface area (Å²) in [7, 11) is 0. The summed E-state index contributed by atoms with van der Waals surface area (Å²) < 4.78 is 4.79. The van der Waals surface area contributed by atoms with Crippen LogP contribution in [0.15, 0.2) is 23.9 Å². The van der Waals surface area contributed by atoms with Gasteiger partial charge >= 0.3 is 5.97 Å². The number of fused-ring (bicyclic) bond motifs is 1. The minimum Gasteiger partial charge on any atom is -0.463 e. The number of hydrogen-bond acceptors (Lipinski definition) is 4. The predicted octanol–water partition coefficient (Wildman–Crippen LogP) is 2.11. The van der Waals surface area contributed by atoms with Crippen LogP contribution in [0.3, 0.4) is 0 Å². The molecule has 0 aliphatic carbocycles. The second-order valence-electron chi connectivity index (χ2n) is 4.37. The molecule has 0 bridgehead atoms. The van der Waals surface area contributed by atoms with Crippen LogP contribution in [0.5, 0.6) is 0 Å². The zero-order valence-corrected chi connectivity index (χ0v) is 11.2. The van der Waals surface area contributed by atoms with Gasteiger partial charge in [-0.25, -0.2) is 4.79 Å². The van der Waals surface area contributed by atoms with Gasteiger partial charge in [0.25, 0.3) is 5.91 Å². The van der Waals surface area contributed by atoms with E-state index in [4.69, 9.17) is 4.74 Å². The van der Waals surface area contributed by atoms with E-state index in [1.54, 1.807) is 6.92 Å². The van der Waals surface area contributed by atoms with Crippen molar-refractivity contribution in [2.75, 3.05) is 17.2 Å². The maximum atomic E-state index is 11.8. The summed E-state index contributed by atoms with van der Waals surface area (Å²) in [5, 5.41) is 5.70. The molecule has 1 aromatic rings. The first-order chi connectivity index (χ1) is 9.01. The smallest absolute Gasteiger partial charge is 0.333 e. The lowest BCUT2D eigenvalue weighted by molar-refractivity contribution is -0.137. The van der Waals surface area contributed by atoms with Crippen molar-refractivity contribution < 1.29 is 14.3 Å². The summed E-state index contributed by atoms with van der Waals surface area (Å²) >= 11 is 0. The Balaban J connectivity index is 2.31. The number of nitrogens with one attached hydrogen (secondary N) is 2. The van der Waals surface area contributed by atoms with E-state index in [-0.39, 0.29) is 18.2 Å². The summed E-state index contributed by atoms with van der Waals surface area (Å²) in [6, 6.07) is 3.83. The molecule has 5 nitrogen and oxygen atoms in total. The van der Waals surface area contributed by atoms with Gasteiger partial charge in [0.15, 0.2) is 0 Å². The zero-order chi connectivity index (χ0) is 14.0. The molecule has 100 valence electrons. The van der Waals surface area contributed by atoms with Crippen molar-refractivity contribution in [2.24, 2.45) is 0 Å². The maximum absolute atomic E-state index is 11.8. The normalized spacial score (nSPS) is 15.5. The molecule has 0 spiro atoms. The first kappa shape index (κ1) is 13.1. The molecular weight excluding hydrogens is 244 g/mol. The maximum Gasteiger partial charge on any atom is 0.333 e. The highest BCUT2D eigenvalue weighted by atomic mass is 16.5. The molecule has 0 saturated carbocycles. The number of anilines is 2. The van der Waals surface area contributed by atoms with Crippen LogP contribution in [-0.2, 0) is 14.3 Å². The van der Waals surface area contributed by atoms with Crippen LogP contribution in [0.25, 0.3) is 0 Å². The van der Waals surface area contributed by atoms with E-state index in [1.165, 1.54) is 0 Å². The number of carbonyl (C=O) groups excluding carboxylic acids is 2. The van der Waals surface area contributed by atoms with E-state index in [0.29, 0.717) is 5.69 Å². The average Bonchev–Trinajstić information content (AvgIpc) is 2.33. The Hall–Kier alpha value is -2.30. The Bertz CT molecular complexity index is 576. The first-order valence-corrected chi connectivity index (χ1v) is 6.09. The third-order valence-corrected chi connectivity index (χ3v) is 2.94. The Labute approximate surface area is 111 Å². The van der Waals surface area contributed by atoms with Crippen LogP contribution < -0.4 is 10.6 Å². The SMILES string of the molecule is CCOC(=O)C=C1Nc2cc(C)c(C)cc2NC1=O. The van der Waals surface area contributed by atoms with Crippen LogP contribution in [0, 0.1) is 13.8 Å². The van der Waals surface area contributed by atoms with Crippen molar-refractivity contribution in [3.8, 4) is 0 Å². The van der Waals surface area contributed by atoms with Gasteiger partial charge < -0.3 is 15.4 Å². The monoisotopic (exact) mass is 260 g/mol. The van der Waals surface area contributed by atoms with Crippen LogP contribution in [0.2, 0.25) is 0 Å². The molecule has 1 aliphatic heterocycles. The Morgan fingerprint density at radius 3 is 2.37 bits per heavy atom. The molecule has 2 N–H and O–H groups in total. The van der Waals surface area contributed by atoms with Gasteiger partial charge in [0.05, 0.1) is 24.1 Å². The van der Waals surface area contributed by atoms with E-state index < -0.39 is 5.97 Å². The molecule has 5 heteroatoms. The van der Waals surface area contributed by atoms with Crippen molar-refractivity contribution in [1.82, 2.24) is 0 Å². The van der Waals surface area contributed by atoms with E-state index in [0.717, 1.165) is 22.9 Å². The molecule has 0 fully saturated rings. The van der Waals surface area contributed by atoms with Crippen molar-refractivity contribution in [2.45, 2.75) is 20.8 Å². The molecule has 1 aliphatic rings. The van der Waals surface area contributed by atoms with Gasteiger partial charge in [-0.05, 0) is 44.0 Å². The number of carbonyl (C=O) groups is 2. The minimum atomic E-state index is -0.535. The number of ether oxygens (including phenoxy) is 1. The van der Waals surface area contributed by atoms with Crippen LogP contribution in [-0.4, -0.2) is 18.5 Å². The van der Waals surface area contributed by atoms with E-state index >= 15 is 0 Å². The van der Waals surface area contributed by atoms with Crippen molar-refractivity contribution >= 4 is 23.3 Å². The standard InChI is InChI=1S/C14H16N2O3/c1-4-19-13(17)7-12-14(18)16-11-6-9(3)8(2)5-10(11)15-12/h5-7,15H,4H2,1-3H3,(H,16,18). The topological polar surface area (TPSA) is 67.4 Å². The number of aryl methyl sites for hydroxylation is 2. The highest BCUT2D eigenvalue weighted by Crippen LogP contribution is 2.30. The fourth-order valence-corrected chi connectivity index (χ4v) is 1.82. The molecule has 19 heavy (non-hydrogen) atoms. The molecule has 1 amide bonds. The van der Waals surface area contributed by atoms with Crippen LogP contribution in [0.4, 0.5) is 11.4 Å². The zero-order valence-electron chi connectivity index (χ0n) is 11.2. The second kappa shape index (κ2) is 5.14. The molecule has 0 saturated heterocycles. The van der Waals surface area contributed by atoms with Gasteiger partial charge in [-0.2, -0.15) is 0 Å². The third-order valence-electron chi connectivity index (χ3n) is 2.94. The Morgan fingerprint density at radius 1 is 1.21 bits per heavy atom. The van der Waals surface area contributed by atoms with Gasteiger partial charge in [-0.15, -0.1) is 0 Å². The van der Waals surface area contributed by atoms with Gasteiger partial charge in [0.1, 0.15) is 5.70 Å². The van der Waals surface area contributed by atoms with Gasteiger partial charge in [0.2, 0.25) is 0 Å². The van der Waals surface area contributed by atoms with Crippen LogP contribution >= 0.6 is 0 Å². The van der Waals surface area contributed by atoms with Crippen molar-refractivity contribution in [3.63, 3.8) is 0 Å². The predicted molar refractivity (Wildman–Crippen MR) is 72.9 cm³/mol. The first-order valence-electron chi connectivity index (χ1n) is 6.09. The van der Waals surface area contributed by atoms with E-state index in [2.05, 4.69) is 10.6 Å². The fourth-order valence-electron chi connectivity index (χ4n) is 1.82. The molecule has 0 aromatic heterocycles. The molecule has 0 atom stereocenters. The summed E-state index contributed by atoms with van der Waals surface area (Å²) in [5.74, 6) is -0.878.